The number of allylic oxidation sites excluding steroid dienone is 1. The number of hydrogen-bond donors (Lipinski definition) is 1. The predicted octanol–water partition coefficient (Wildman–Crippen LogP) is 3.86. The van der Waals surface area contributed by atoms with Crippen molar-refractivity contribution in [2.45, 2.75) is 18.9 Å². The van der Waals surface area contributed by atoms with Crippen LogP contribution < -0.4 is 5.32 Å². The SMILES string of the molecule is C=CCC[C@@H](c1cc(F)cc(F)c1F)N1CCNCC1.Cl.Cl. The molecule has 0 aliphatic carbocycles. The Hall–Kier alpha value is -0.750. The second kappa shape index (κ2) is 10.1. The lowest BCUT2D eigenvalue weighted by Crippen LogP contribution is -2.45. The van der Waals surface area contributed by atoms with Crippen molar-refractivity contribution < 1.29 is 13.2 Å². The van der Waals surface area contributed by atoms with E-state index in [4.69, 9.17) is 0 Å². The molecule has 22 heavy (non-hydrogen) atoms. The minimum Gasteiger partial charge on any atom is -0.314 e. The van der Waals surface area contributed by atoms with Gasteiger partial charge in [0.05, 0.1) is 0 Å². The summed E-state index contributed by atoms with van der Waals surface area (Å²) in [6.45, 7) is 6.72. The van der Waals surface area contributed by atoms with Crippen molar-refractivity contribution in [1.29, 1.82) is 0 Å². The molecule has 2 nitrogen and oxygen atoms in total. The van der Waals surface area contributed by atoms with Crippen molar-refractivity contribution in [3.05, 3.63) is 47.8 Å². The van der Waals surface area contributed by atoms with E-state index in [2.05, 4.69) is 16.8 Å². The normalized spacial score (nSPS) is 16.3. The largest absolute Gasteiger partial charge is 0.314 e. The van der Waals surface area contributed by atoms with Crippen molar-refractivity contribution in [3.63, 3.8) is 0 Å². The second-order valence-corrected chi connectivity index (χ2v) is 4.96. The number of rotatable bonds is 5. The molecule has 1 aliphatic heterocycles. The number of halogens is 5. The molecule has 0 saturated carbocycles. The zero-order valence-corrected chi connectivity index (χ0v) is 13.8. The summed E-state index contributed by atoms with van der Waals surface area (Å²) in [7, 11) is 0. The third kappa shape index (κ3) is 5.16. The van der Waals surface area contributed by atoms with Gasteiger partial charge >= 0.3 is 0 Å². The minimum absolute atomic E-state index is 0. The molecule has 1 aromatic rings. The first-order chi connectivity index (χ1) is 9.63. The molecule has 0 bridgehead atoms. The Balaban J connectivity index is 0.00000220. The molecule has 1 N–H and O–H groups in total. The summed E-state index contributed by atoms with van der Waals surface area (Å²) in [5, 5.41) is 3.21. The Bertz CT molecular complexity index is 480. The van der Waals surface area contributed by atoms with Crippen LogP contribution in [0, 0.1) is 17.5 Å². The van der Waals surface area contributed by atoms with Gasteiger partial charge in [-0.25, -0.2) is 13.2 Å². The van der Waals surface area contributed by atoms with Crippen LogP contribution in [0.5, 0.6) is 0 Å². The van der Waals surface area contributed by atoms with Crippen molar-refractivity contribution in [2.75, 3.05) is 26.2 Å². The topological polar surface area (TPSA) is 15.3 Å². The number of hydrogen-bond acceptors (Lipinski definition) is 2. The van der Waals surface area contributed by atoms with Crippen LogP contribution in [0.4, 0.5) is 13.2 Å². The number of benzene rings is 1. The van der Waals surface area contributed by atoms with E-state index in [1.807, 2.05) is 0 Å². The van der Waals surface area contributed by atoms with Crippen LogP contribution in [0.1, 0.15) is 24.4 Å². The highest BCUT2D eigenvalue weighted by Crippen LogP contribution is 2.30. The van der Waals surface area contributed by atoms with Crippen LogP contribution in [0.15, 0.2) is 24.8 Å². The van der Waals surface area contributed by atoms with E-state index in [0.717, 1.165) is 32.2 Å². The Morgan fingerprint density at radius 3 is 2.41 bits per heavy atom. The van der Waals surface area contributed by atoms with Crippen molar-refractivity contribution >= 4 is 24.8 Å². The van der Waals surface area contributed by atoms with E-state index in [-0.39, 0.29) is 36.4 Å². The van der Waals surface area contributed by atoms with E-state index in [1.165, 1.54) is 0 Å². The van der Waals surface area contributed by atoms with Gasteiger partial charge in [0.1, 0.15) is 5.82 Å². The van der Waals surface area contributed by atoms with Crippen LogP contribution in [0.25, 0.3) is 0 Å². The molecule has 1 heterocycles. The second-order valence-electron chi connectivity index (χ2n) is 4.96. The standard InChI is InChI=1S/C15H19F3N2.2ClH/c1-2-3-4-14(20-7-5-19-6-8-20)12-9-11(16)10-13(17)15(12)18;;/h2,9-10,14,19H,1,3-8H2;2*1H/t14-;;/m0../s1. The molecule has 1 fully saturated rings. The average Bonchev–Trinajstić information content (AvgIpc) is 2.45. The Morgan fingerprint density at radius 1 is 1.18 bits per heavy atom. The van der Waals surface area contributed by atoms with Crippen LogP contribution in [-0.4, -0.2) is 31.1 Å². The monoisotopic (exact) mass is 356 g/mol. The van der Waals surface area contributed by atoms with Gasteiger partial charge in [-0.2, -0.15) is 0 Å². The van der Waals surface area contributed by atoms with Crippen LogP contribution in [-0.2, 0) is 0 Å². The van der Waals surface area contributed by atoms with Gasteiger partial charge in [0.25, 0.3) is 0 Å². The molecule has 0 unspecified atom stereocenters. The molecule has 1 aromatic carbocycles. The predicted molar refractivity (Wildman–Crippen MR) is 87.4 cm³/mol. The highest BCUT2D eigenvalue weighted by atomic mass is 35.5. The minimum atomic E-state index is -1.13. The van der Waals surface area contributed by atoms with E-state index < -0.39 is 17.5 Å². The highest BCUT2D eigenvalue weighted by Gasteiger charge is 2.26. The van der Waals surface area contributed by atoms with E-state index >= 15 is 0 Å². The fraction of sp³-hybridized carbons (Fsp3) is 0.467. The van der Waals surface area contributed by atoms with Crippen molar-refractivity contribution in [1.82, 2.24) is 10.2 Å². The lowest BCUT2D eigenvalue weighted by atomic mass is 9.98. The van der Waals surface area contributed by atoms with Gasteiger partial charge in [-0.15, -0.1) is 31.4 Å². The molecule has 126 valence electrons. The third-order valence-electron chi connectivity index (χ3n) is 3.62. The van der Waals surface area contributed by atoms with Gasteiger partial charge in [0.2, 0.25) is 0 Å². The average molecular weight is 357 g/mol. The summed E-state index contributed by atoms with van der Waals surface area (Å²) in [4.78, 5) is 2.07. The first kappa shape index (κ1) is 21.2. The summed E-state index contributed by atoms with van der Waals surface area (Å²) < 4.78 is 40.8. The molecule has 1 atom stereocenters. The maximum Gasteiger partial charge on any atom is 0.163 e. The summed E-state index contributed by atoms with van der Waals surface area (Å²) in [5.41, 5.74) is 0.103. The van der Waals surface area contributed by atoms with Gasteiger partial charge < -0.3 is 5.32 Å². The molecular weight excluding hydrogens is 336 g/mol. The zero-order valence-electron chi connectivity index (χ0n) is 12.2. The number of nitrogens with one attached hydrogen (secondary N) is 1. The fourth-order valence-corrected chi connectivity index (χ4v) is 2.62. The molecule has 1 aliphatic rings. The van der Waals surface area contributed by atoms with Gasteiger partial charge in [-0.1, -0.05) is 6.08 Å². The van der Waals surface area contributed by atoms with Crippen molar-refractivity contribution in [3.8, 4) is 0 Å². The molecule has 2 rings (SSSR count). The molecule has 0 radical (unpaired) electrons. The first-order valence-corrected chi connectivity index (χ1v) is 6.83. The molecule has 0 aromatic heterocycles. The molecule has 0 spiro atoms. The molecular formula is C15H21Cl2F3N2. The summed E-state index contributed by atoms with van der Waals surface area (Å²) in [5.74, 6) is -2.81. The zero-order chi connectivity index (χ0) is 14.5. The highest BCUT2D eigenvalue weighted by molar-refractivity contribution is 5.85. The fourth-order valence-electron chi connectivity index (χ4n) is 2.62. The van der Waals surface area contributed by atoms with Crippen LogP contribution in [0.3, 0.4) is 0 Å². The lowest BCUT2D eigenvalue weighted by Gasteiger charge is -2.35. The molecule has 1 saturated heterocycles. The number of piperazine rings is 1. The van der Waals surface area contributed by atoms with Crippen LogP contribution >= 0.6 is 24.8 Å². The van der Waals surface area contributed by atoms with Crippen molar-refractivity contribution in [2.24, 2.45) is 0 Å². The van der Waals surface area contributed by atoms with E-state index in [0.29, 0.717) is 18.9 Å². The Kier molecular flexibility index (Phi) is 9.76. The summed E-state index contributed by atoms with van der Waals surface area (Å²) >= 11 is 0. The molecule has 0 amide bonds. The lowest BCUT2D eigenvalue weighted by molar-refractivity contribution is 0.162. The van der Waals surface area contributed by atoms with Gasteiger partial charge in [-0.3, -0.25) is 4.90 Å². The maximum atomic E-state index is 14.0. The summed E-state index contributed by atoms with van der Waals surface area (Å²) in [6.07, 6.45) is 3.01. The summed E-state index contributed by atoms with van der Waals surface area (Å²) in [6, 6.07) is 1.37. The van der Waals surface area contributed by atoms with Crippen LogP contribution in [0.2, 0.25) is 0 Å². The van der Waals surface area contributed by atoms with Gasteiger partial charge in [0, 0.05) is 43.9 Å². The van der Waals surface area contributed by atoms with E-state index in [9.17, 15) is 13.2 Å². The number of nitrogens with zero attached hydrogens (tertiary/aromatic N) is 1. The Morgan fingerprint density at radius 2 is 1.82 bits per heavy atom. The van der Waals surface area contributed by atoms with Gasteiger partial charge in [0.15, 0.2) is 11.6 Å². The maximum absolute atomic E-state index is 14.0. The smallest absolute Gasteiger partial charge is 0.163 e. The Labute approximate surface area is 141 Å². The molecule has 7 heteroatoms. The first-order valence-electron chi connectivity index (χ1n) is 6.83. The van der Waals surface area contributed by atoms with E-state index in [1.54, 1.807) is 6.08 Å². The quantitative estimate of drug-likeness (QED) is 0.636. The third-order valence-corrected chi connectivity index (χ3v) is 3.62. The van der Waals surface area contributed by atoms with Gasteiger partial charge in [-0.05, 0) is 18.9 Å².